The topological polar surface area (TPSA) is 20.3 Å². The molecule has 2 nitrogen and oxygen atoms in total. The molecule has 17 heavy (non-hydrogen) atoms. The third kappa shape index (κ3) is 2.21. The van der Waals surface area contributed by atoms with Crippen molar-refractivity contribution in [1.29, 1.82) is 0 Å². The van der Waals surface area contributed by atoms with Gasteiger partial charge < -0.3 is 4.90 Å². The van der Waals surface area contributed by atoms with Gasteiger partial charge in [-0.1, -0.05) is 24.6 Å². The van der Waals surface area contributed by atoms with Gasteiger partial charge in [-0.2, -0.15) is 0 Å². The van der Waals surface area contributed by atoms with Gasteiger partial charge in [0, 0.05) is 18.7 Å². The highest BCUT2D eigenvalue weighted by Gasteiger charge is 2.32. The molecule has 2 aliphatic rings. The lowest BCUT2D eigenvalue weighted by molar-refractivity contribution is 0.0504. The average molecular weight is 229 g/mol. The zero-order valence-corrected chi connectivity index (χ0v) is 10.1. The van der Waals surface area contributed by atoms with Gasteiger partial charge in [0.05, 0.1) is 0 Å². The number of carbonyl (C=O) groups excluding carboxylic acids is 1. The van der Waals surface area contributed by atoms with Crippen molar-refractivity contribution in [2.45, 2.75) is 25.7 Å². The zero-order valence-electron chi connectivity index (χ0n) is 10.1. The molecule has 1 saturated carbocycles. The van der Waals surface area contributed by atoms with Gasteiger partial charge in [-0.3, -0.25) is 4.79 Å². The van der Waals surface area contributed by atoms with Crippen LogP contribution in [0, 0.1) is 11.8 Å². The van der Waals surface area contributed by atoms with Crippen LogP contribution in [-0.4, -0.2) is 23.9 Å². The molecule has 2 unspecified atom stereocenters. The van der Waals surface area contributed by atoms with Crippen LogP contribution in [0.25, 0.3) is 0 Å². The molecule has 1 heterocycles. The Balaban J connectivity index is 1.74. The maximum Gasteiger partial charge on any atom is 0.253 e. The van der Waals surface area contributed by atoms with Crippen molar-refractivity contribution in [3.63, 3.8) is 0 Å². The second-order valence-electron chi connectivity index (χ2n) is 5.47. The molecule has 2 atom stereocenters. The van der Waals surface area contributed by atoms with Crippen LogP contribution in [0.4, 0.5) is 0 Å². The molecular formula is C15H19NO. The summed E-state index contributed by atoms with van der Waals surface area (Å²) in [6.07, 6.45) is 5.34. The van der Waals surface area contributed by atoms with E-state index in [9.17, 15) is 4.79 Å². The number of benzene rings is 1. The Kier molecular flexibility index (Phi) is 2.87. The van der Waals surface area contributed by atoms with Gasteiger partial charge in [0.2, 0.25) is 0 Å². The standard InChI is InChI=1S/C15H19NO/c17-15(14-7-2-1-3-8-14)16-10-12-5-4-6-13(9-12)11-16/h1-3,7-8,12-13H,4-6,9-11H2. The van der Waals surface area contributed by atoms with Crippen LogP contribution >= 0.6 is 0 Å². The third-order valence-corrected chi connectivity index (χ3v) is 4.16. The van der Waals surface area contributed by atoms with Crippen LogP contribution in [0.3, 0.4) is 0 Å². The van der Waals surface area contributed by atoms with E-state index in [1.807, 2.05) is 30.3 Å². The summed E-state index contributed by atoms with van der Waals surface area (Å²) in [4.78, 5) is 14.4. The number of amides is 1. The minimum atomic E-state index is 0.224. The molecule has 1 aliphatic carbocycles. The zero-order chi connectivity index (χ0) is 11.7. The van der Waals surface area contributed by atoms with Crippen molar-refractivity contribution in [3.8, 4) is 0 Å². The first-order chi connectivity index (χ1) is 8.33. The first kappa shape index (κ1) is 10.8. The summed E-state index contributed by atoms with van der Waals surface area (Å²) in [6, 6.07) is 9.69. The van der Waals surface area contributed by atoms with Gasteiger partial charge >= 0.3 is 0 Å². The number of carbonyl (C=O) groups is 1. The van der Waals surface area contributed by atoms with Crippen LogP contribution in [0.5, 0.6) is 0 Å². The molecule has 1 aliphatic heterocycles. The maximum absolute atomic E-state index is 12.4. The largest absolute Gasteiger partial charge is 0.338 e. The van der Waals surface area contributed by atoms with E-state index in [2.05, 4.69) is 4.90 Å². The molecule has 0 spiro atoms. The Morgan fingerprint density at radius 2 is 1.71 bits per heavy atom. The van der Waals surface area contributed by atoms with Crippen LogP contribution in [0.1, 0.15) is 36.0 Å². The Morgan fingerprint density at radius 1 is 1.06 bits per heavy atom. The van der Waals surface area contributed by atoms with E-state index in [1.54, 1.807) is 0 Å². The SMILES string of the molecule is O=C(c1ccccc1)N1CC2CCCC(C2)C1. The monoisotopic (exact) mass is 229 g/mol. The second kappa shape index (κ2) is 4.52. The van der Waals surface area contributed by atoms with Gasteiger partial charge in [-0.25, -0.2) is 0 Å². The van der Waals surface area contributed by atoms with Crippen LogP contribution < -0.4 is 0 Å². The van der Waals surface area contributed by atoms with E-state index >= 15 is 0 Å². The molecule has 2 bridgehead atoms. The molecule has 1 aromatic rings. The minimum absolute atomic E-state index is 0.224. The summed E-state index contributed by atoms with van der Waals surface area (Å²) >= 11 is 0. The normalized spacial score (nSPS) is 27.9. The van der Waals surface area contributed by atoms with E-state index < -0.39 is 0 Å². The van der Waals surface area contributed by atoms with Crippen LogP contribution in [0.15, 0.2) is 30.3 Å². The molecular weight excluding hydrogens is 210 g/mol. The molecule has 2 fully saturated rings. The highest BCUT2D eigenvalue weighted by atomic mass is 16.2. The molecule has 1 aromatic carbocycles. The predicted molar refractivity (Wildman–Crippen MR) is 67.8 cm³/mol. The number of fused-ring (bicyclic) bond motifs is 2. The maximum atomic E-state index is 12.4. The Bertz CT molecular complexity index is 389. The molecule has 1 saturated heterocycles. The Labute approximate surface area is 103 Å². The molecule has 90 valence electrons. The van der Waals surface area contributed by atoms with Crippen molar-refractivity contribution in [1.82, 2.24) is 4.90 Å². The van der Waals surface area contributed by atoms with Gasteiger partial charge in [0.15, 0.2) is 0 Å². The highest BCUT2D eigenvalue weighted by Crippen LogP contribution is 2.34. The van der Waals surface area contributed by atoms with E-state index in [1.165, 1.54) is 25.7 Å². The fraction of sp³-hybridized carbons (Fsp3) is 0.533. The molecule has 3 rings (SSSR count). The number of rotatable bonds is 1. The van der Waals surface area contributed by atoms with Gasteiger partial charge in [0.25, 0.3) is 5.91 Å². The fourth-order valence-corrected chi connectivity index (χ4v) is 3.36. The van der Waals surface area contributed by atoms with Crippen molar-refractivity contribution < 1.29 is 4.79 Å². The van der Waals surface area contributed by atoms with E-state index in [-0.39, 0.29) is 5.91 Å². The molecule has 0 radical (unpaired) electrons. The van der Waals surface area contributed by atoms with Crippen LogP contribution in [-0.2, 0) is 0 Å². The smallest absolute Gasteiger partial charge is 0.253 e. The lowest BCUT2D eigenvalue weighted by atomic mass is 9.78. The Hall–Kier alpha value is -1.31. The average Bonchev–Trinajstić information content (AvgIpc) is 2.38. The summed E-state index contributed by atoms with van der Waals surface area (Å²) in [6.45, 7) is 1.95. The van der Waals surface area contributed by atoms with Gasteiger partial charge in [-0.05, 0) is 43.2 Å². The fourth-order valence-electron chi connectivity index (χ4n) is 3.36. The number of piperidine rings is 1. The van der Waals surface area contributed by atoms with Crippen molar-refractivity contribution >= 4 is 5.91 Å². The van der Waals surface area contributed by atoms with Gasteiger partial charge in [-0.15, -0.1) is 0 Å². The minimum Gasteiger partial charge on any atom is -0.338 e. The predicted octanol–water partition coefficient (Wildman–Crippen LogP) is 2.95. The van der Waals surface area contributed by atoms with E-state index in [0.717, 1.165) is 30.5 Å². The summed E-state index contributed by atoms with van der Waals surface area (Å²) in [5.41, 5.74) is 0.840. The Morgan fingerprint density at radius 3 is 2.35 bits per heavy atom. The molecule has 0 N–H and O–H groups in total. The molecule has 1 amide bonds. The first-order valence-electron chi connectivity index (χ1n) is 6.67. The summed E-state index contributed by atoms with van der Waals surface area (Å²) in [5.74, 6) is 1.74. The van der Waals surface area contributed by atoms with E-state index in [4.69, 9.17) is 0 Å². The van der Waals surface area contributed by atoms with Crippen molar-refractivity contribution in [2.75, 3.05) is 13.1 Å². The van der Waals surface area contributed by atoms with E-state index in [0.29, 0.717) is 0 Å². The number of hydrogen-bond acceptors (Lipinski definition) is 1. The molecule has 0 aromatic heterocycles. The van der Waals surface area contributed by atoms with Crippen molar-refractivity contribution in [3.05, 3.63) is 35.9 Å². The summed E-state index contributed by atoms with van der Waals surface area (Å²) in [5, 5.41) is 0. The number of nitrogens with zero attached hydrogens (tertiary/aromatic N) is 1. The molecule has 2 heteroatoms. The summed E-state index contributed by atoms with van der Waals surface area (Å²) < 4.78 is 0. The summed E-state index contributed by atoms with van der Waals surface area (Å²) in [7, 11) is 0. The lowest BCUT2D eigenvalue weighted by Gasteiger charge is -2.41. The lowest BCUT2D eigenvalue weighted by Crippen LogP contribution is -2.45. The number of hydrogen-bond donors (Lipinski definition) is 0. The van der Waals surface area contributed by atoms with Gasteiger partial charge in [0.1, 0.15) is 0 Å². The van der Waals surface area contributed by atoms with Crippen LogP contribution in [0.2, 0.25) is 0 Å². The third-order valence-electron chi connectivity index (χ3n) is 4.16. The number of likely N-dealkylation sites (tertiary alicyclic amines) is 1. The van der Waals surface area contributed by atoms with Crippen molar-refractivity contribution in [2.24, 2.45) is 11.8 Å². The quantitative estimate of drug-likeness (QED) is 0.725. The first-order valence-corrected chi connectivity index (χ1v) is 6.67. The highest BCUT2D eigenvalue weighted by molar-refractivity contribution is 5.94. The second-order valence-corrected chi connectivity index (χ2v) is 5.47.